The molecule has 1 fully saturated rings. The molecule has 1 N–H and O–H groups in total. The van der Waals surface area contributed by atoms with Crippen molar-refractivity contribution in [1.82, 2.24) is 0 Å². The van der Waals surface area contributed by atoms with Crippen molar-refractivity contribution in [2.75, 3.05) is 6.61 Å². The van der Waals surface area contributed by atoms with E-state index in [2.05, 4.69) is 6.07 Å². The Labute approximate surface area is 134 Å². The Morgan fingerprint density at radius 1 is 1.13 bits per heavy atom. The number of rotatable bonds is 4. The van der Waals surface area contributed by atoms with Crippen molar-refractivity contribution in [1.29, 1.82) is 5.26 Å². The Morgan fingerprint density at radius 3 is 2.78 bits per heavy atom. The third-order valence-electron chi connectivity index (χ3n) is 3.51. The van der Waals surface area contributed by atoms with Gasteiger partial charge in [0, 0.05) is 18.6 Å². The molecule has 2 aromatic rings. The van der Waals surface area contributed by atoms with E-state index in [1.54, 1.807) is 36.4 Å². The second-order valence-electron chi connectivity index (χ2n) is 5.29. The van der Waals surface area contributed by atoms with Crippen LogP contribution in [0.4, 0.5) is 0 Å². The lowest BCUT2D eigenvalue weighted by molar-refractivity contribution is -0.106. The van der Waals surface area contributed by atoms with Crippen LogP contribution in [0.3, 0.4) is 0 Å². The van der Waals surface area contributed by atoms with Crippen LogP contribution >= 0.6 is 0 Å². The predicted molar refractivity (Wildman–Crippen MR) is 83.6 cm³/mol. The van der Waals surface area contributed by atoms with Gasteiger partial charge in [0.25, 0.3) is 0 Å². The van der Waals surface area contributed by atoms with Gasteiger partial charge >= 0.3 is 0 Å². The average molecular weight is 311 g/mol. The highest BCUT2D eigenvalue weighted by molar-refractivity contribution is 5.49. The van der Waals surface area contributed by atoms with Gasteiger partial charge in [0.2, 0.25) is 0 Å². The van der Waals surface area contributed by atoms with Crippen LogP contribution in [-0.2, 0) is 4.74 Å². The van der Waals surface area contributed by atoms with Crippen molar-refractivity contribution < 1.29 is 19.3 Å². The summed E-state index contributed by atoms with van der Waals surface area (Å²) in [7, 11) is 0. The molecule has 0 amide bonds. The summed E-state index contributed by atoms with van der Waals surface area (Å²) in [4.78, 5) is 0. The third-order valence-corrected chi connectivity index (χ3v) is 3.51. The highest BCUT2D eigenvalue weighted by atomic mass is 16.7. The van der Waals surface area contributed by atoms with Gasteiger partial charge in [-0.05, 0) is 37.1 Å². The molecule has 3 rings (SSSR count). The maximum Gasteiger partial charge on any atom is 0.200 e. The summed E-state index contributed by atoms with van der Waals surface area (Å²) < 4.78 is 17.2. The molecule has 2 aromatic carbocycles. The Kier molecular flexibility index (Phi) is 4.65. The van der Waals surface area contributed by atoms with E-state index in [0.717, 1.165) is 19.3 Å². The van der Waals surface area contributed by atoms with E-state index >= 15 is 0 Å². The van der Waals surface area contributed by atoms with Crippen LogP contribution in [0.1, 0.15) is 24.8 Å². The number of phenols is 1. The largest absolute Gasteiger partial charge is 0.508 e. The summed E-state index contributed by atoms with van der Waals surface area (Å²) in [6, 6.07) is 13.6. The minimum atomic E-state index is -0.329. The van der Waals surface area contributed by atoms with Crippen molar-refractivity contribution in [3.05, 3.63) is 48.0 Å². The van der Waals surface area contributed by atoms with Gasteiger partial charge in [-0.1, -0.05) is 6.07 Å². The van der Waals surface area contributed by atoms with Crippen molar-refractivity contribution >= 4 is 0 Å². The first kappa shape index (κ1) is 15.2. The molecular formula is C18H17NO4. The van der Waals surface area contributed by atoms with Crippen molar-refractivity contribution in [2.24, 2.45) is 0 Å². The van der Waals surface area contributed by atoms with Crippen LogP contribution in [0, 0.1) is 11.3 Å². The normalized spacial score (nSPS) is 17.3. The van der Waals surface area contributed by atoms with Gasteiger partial charge < -0.3 is 19.3 Å². The van der Waals surface area contributed by atoms with Crippen LogP contribution in [0.5, 0.6) is 23.0 Å². The Balaban J connectivity index is 1.84. The van der Waals surface area contributed by atoms with Gasteiger partial charge in [0.05, 0.1) is 18.2 Å². The number of hydrogen-bond acceptors (Lipinski definition) is 5. The van der Waals surface area contributed by atoms with Gasteiger partial charge in [0.15, 0.2) is 17.8 Å². The smallest absolute Gasteiger partial charge is 0.200 e. The number of phenolic OH excluding ortho intramolecular Hbond substituents is 1. The number of nitriles is 1. The van der Waals surface area contributed by atoms with E-state index in [1.807, 2.05) is 0 Å². The number of hydrogen-bond donors (Lipinski definition) is 1. The zero-order valence-corrected chi connectivity index (χ0v) is 12.6. The molecule has 0 aromatic heterocycles. The van der Waals surface area contributed by atoms with Gasteiger partial charge in [-0.2, -0.15) is 5.26 Å². The third kappa shape index (κ3) is 3.93. The molecule has 1 aliphatic heterocycles. The molecule has 1 unspecified atom stereocenters. The maximum atomic E-state index is 9.53. The Bertz CT molecular complexity index is 717. The molecule has 1 heterocycles. The fraction of sp³-hybridized carbons (Fsp3) is 0.278. The summed E-state index contributed by atoms with van der Waals surface area (Å²) >= 11 is 0. The molecule has 5 nitrogen and oxygen atoms in total. The minimum Gasteiger partial charge on any atom is -0.508 e. The molecule has 118 valence electrons. The SMILES string of the molecule is N#Cc1ccc(Oc2cccc(O)c2)c(OC2CCCCO2)c1. The number of aromatic hydroxyl groups is 1. The fourth-order valence-electron chi connectivity index (χ4n) is 2.37. The molecule has 0 saturated carbocycles. The molecule has 1 saturated heterocycles. The van der Waals surface area contributed by atoms with E-state index in [9.17, 15) is 5.11 Å². The van der Waals surface area contributed by atoms with Crippen molar-refractivity contribution in [3.8, 4) is 29.1 Å². The van der Waals surface area contributed by atoms with Crippen LogP contribution in [0.25, 0.3) is 0 Å². The highest BCUT2D eigenvalue weighted by Gasteiger charge is 2.18. The lowest BCUT2D eigenvalue weighted by Crippen LogP contribution is -2.25. The molecule has 5 heteroatoms. The van der Waals surface area contributed by atoms with E-state index in [4.69, 9.17) is 19.5 Å². The first-order valence-corrected chi connectivity index (χ1v) is 7.54. The molecule has 23 heavy (non-hydrogen) atoms. The number of benzene rings is 2. The molecule has 0 spiro atoms. The number of nitrogens with zero attached hydrogens (tertiary/aromatic N) is 1. The lowest BCUT2D eigenvalue weighted by atomic mass is 10.2. The molecule has 0 bridgehead atoms. The summed E-state index contributed by atoms with van der Waals surface area (Å²) in [5.74, 6) is 1.54. The van der Waals surface area contributed by atoms with Crippen LogP contribution in [0.15, 0.2) is 42.5 Å². The molecule has 1 atom stereocenters. The summed E-state index contributed by atoms with van der Waals surface area (Å²) in [6.45, 7) is 0.672. The number of ether oxygens (including phenoxy) is 3. The van der Waals surface area contributed by atoms with E-state index in [-0.39, 0.29) is 12.0 Å². The fourth-order valence-corrected chi connectivity index (χ4v) is 2.37. The minimum absolute atomic E-state index is 0.120. The zero-order valence-electron chi connectivity index (χ0n) is 12.6. The first-order valence-electron chi connectivity index (χ1n) is 7.54. The van der Waals surface area contributed by atoms with Gasteiger partial charge in [-0.15, -0.1) is 0 Å². The summed E-state index contributed by atoms with van der Waals surface area (Å²) in [5, 5.41) is 18.6. The van der Waals surface area contributed by atoms with E-state index in [1.165, 1.54) is 6.07 Å². The topological polar surface area (TPSA) is 71.7 Å². The summed E-state index contributed by atoms with van der Waals surface area (Å²) in [5.41, 5.74) is 0.485. The predicted octanol–water partition coefficient (Wildman–Crippen LogP) is 3.96. The van der Waals surface area contributed by atoms with Crippen molar-refractivity contribution in [3.63, 3.8) is 0 Å². The molecule has 1 aliphatic rings. The second-order valence-corrected chi connectivity index (χ2v) is 5.29. The molecule has 0 aliphatic carbocycles. The monoisotopic (exact) mass is 311 g/mol. The van der Waals surface area contributed by atoms with Crippen molar-refractivity contribution in [2.45, 2.75) is 25.6 Å². The van der Waals surface area contributed by atoms with Crippen LogP contribution in [0.2, 0.25) is 0 Å². The van der Waals surface area contributed by atoms with Gasteiger partial charge in [-0.25, -0.2) is 0 Å². The second kappa shape index (κ2) is 7.03. The standard InChI is InChI=1S/C18H17NO4/c19-12-13-7-8-16(22-15-5-3-4-14(20)11-15)17(10-13)23-18-6-1-2-9-21-18/h3-5,7-8,10-11,18,20H,1-2,6,9H2. The maximum absolute atomic E-state index is 9.53. The average Bonchev–Trinajstić information content (AvgIpc) is 2.57. The van der Waals surface area contributed by atoms with Gasteiger partial charge in [-0.3, -0.25) is 0 Å². The Morgan fingerprint density at radius 2 is 2.04 bits per heavy atom. The van der Waals surface area contributed by atoms with Gasteiger partial charge in [0.1, 0.15) is 11.5 Å². The quantitative estimate of drug-likeness (QED) is 0.925. The molecular weight excluding hydrogens is 294 g/mol. The molecule has 0 radical (unpaired) electrons. The van der Waals surface area contributed by atoms with Crippen LogP contribution < -0.4 is 9.47 Å². The zero-order chi connectivity index (χ0) is 16.1. The Hall–Kier alpha value is -2.71. The summed E-state index contributed by atoms with van der Waals surface area (Å²) in [6.07, 6.45) is 2.56. The lowest BCUT2D eigenvalue weighted by Gasteiger charge is -2.24. The van der Waals surface area contributed by atoms with Crippen LogP contribution in [-0.4, -0.2) is 18.0 Å². The van der Waals surface area contributed by atoms with E-state index < -0.39 is 0 Å². The highest BCUT2D eigenvalue weighted by Crippen LogP contribution is 2.35. The van der Waals surface area contributed by atoms with E-state index in [0.29, 0.717) is 29.4 Å². The first-order chi connectivity index (χ1) is 11.2.